The number of hydrogen-bond donors (Lipinski definition) is 1. The molecule has 0 aromatic heterocycles. The summed E-state index contributed by atoms with van der Waals surface area (Å²) in [6, 6.07) is 9.66. The SMILES string of the molecule is C=C1CC(C)(CNC(=O)OCc2ccccc2)C1. The van der Waals surface area contributed by atoms with Crippen molar-refractivity contribution in [2.75, 3.05) is 6.54 Å². The molecular formula is C15H19NO2. The van der Waals surface area contributed by atoms with Crippen molar-refractivity contribution in [1.29, 1.82) is 0 Å². The van der Waals surface area contributed by atoms with Gasteiger partial charge in [-0.05, 0) is 23.8 Å². The molecule has 0 unspecified atom stereocenters. The summed E-state index contributed by atoms with van der Waals surface area (Å²) in [7, 11) is 0. The van der Waals surface area contributed by atoms with E-state index in [1.54, 1.807) is 0 Å². The van der Waals surface area contributed by atoms with Crippen molar-refractivity contribution in [3.8, 4) is 0 Å². The molecule has 0 saturated heterocycles. The number of ether oxygens (including phenoxy) is 1. The van der Waals surface area contributed by atoms with Crippen molar-refractivity contribution in [3.63, 3.8) is 0 Å². The number of carbonyl (C=O) groups is 1. The number of alkyl carbamates (subject to hydrolysis) is 1. The summed E-state index contributed by atoms with van der Waals surface area (Å²) in [5, 5.41) is 2.81. The van der Waals surface area contributed by atoms with Crippen LogP contribution in [0.1, 0.15) is 25.3 Å². The number of nitrogens with one attached hydrogen (secondary N) is 1. The molecule has 3 heteroatoms. The Morgan fingerprint density at radius 3 is 2.67 bits per heavy atom. The van der Waals surface area contributed by atoms with Gasteiger partial charge in [-0.2, -0.15) is 0 Å². The average molecular weight is 245 g/mol. The Bertz CT molecular complexity index is 431. The minimum absolute atomic E-state index is 0.169. The monoisotopic (exact) mass is 245 g/mol. The second-order valence-corrected chi connectivity index (χ2v) is 5.33. The third kappa shape index (κ3) is 3.36. The van der Waals surface area contributed by atoms with Crippen molar-refractivity contribution >= 4 is 6.09 Å². The minimum Gasteiger partial charge on any atom is -0.445 e. The highest BCUT2D eigenvalue weighted by Gasteiger charge is 2.35. The van der Waals surface area contributed by atoms with Gasteiger partial charge in [-0.1, -0.05) is 49.4 Å². The average Bonchev–Trinajstić information content (AvgIpc) is 2.33. The van der Waals surface area contributed by atoms with Gasteiger partial charge in [0, 0.05) is 6.54 Å². The summed E-state index contributed by atoms with van der Waals surface area (Å²) in [5.74, 6) is 0. The second kappa shape index (κ2) is 5.25. The molecular weight excluding hydrogens is 226 g/mol. The molecule has 18 heavy (non-hydrogen) atoms. The predicted octanol–water partition coefficient (Wildman–Crippen LogP) is 3.27. The Hall–Kier alpha value is -1.77. The molecule has 0 aliphatic heterocycles. The van der Waals surface area contributed by atoms with Gasteiger partial charge < -0.3 is 10.1 Å². The molecule has 1 aromatic rings. The van der Waals surface area contributed by atoms with E-state index in [1.165, 1.54) is 5.57 Å². The lowest BCUT2D eigenvalue weighted by Gasteiger charge is -2.40. The molecule has 0 radical (unpaired) electrons. The minimum atomic E-state index is -0.349. The third-order valence-electron chi connectivity index (χ3n) is 3.23. The number of hydrogen-bond acceptors (Lipinski definition) is 2. The Morgan fingerprint density at radius 2 is 2.06 bits per heavy atom. The van der Waals surface area contributed by atoms with Crippen molar-refractivity contribution in [2.45, 2.75) is 26.4 Å². The third-order valence-corrected chi connectivity index (χ3v) is 3.23. The van der Waals surface area contributed by atoms with Crippen molar-refractivity contribution in [2.24, 2.45) is 5.41 Å². The van der Waals surface area contributed by atoms with E-state index in [4.69, 9.17) is 4.74 Å². The van der Waals surface area contributed by atoms with Crippen LogP contribution >= 0.6 is 0 Å². The first kappa shape index (κ1) is 12.7. The van der Waals surface area contributed by atoms with Crippen molar-refractivity contribution in [1.82, 2.24) is 5.32 Å². The van der Waals surface area contributed by atoms with Gasteiger partial charge in [-0.3, -0.25) is 0 Å². The first-order valence-corrected chi connectivity index (χ1v) is 6.19. The maximum absolute atomic E-state index is 11.5. The first-order valence-electron chi connectivity index (χ1n) is 6.19. The lowest BCUT2D eigenvalue weighted by atomic mass is 9.67. The molecule has 1 fully saturated rings. The number of allylic oxidation sites excluding steroid dienone is 1. The Labute approximate surface area is 108 Å². The summed E-state index contributed by atoms with van der Waals surface area (Å²) in [5.41, 5.74) is 2.43. The van der Waals surface area contributed by atoms with E-state index in [0.29, 0.717) is 13.2 Å². The van der Waals surface area contributed by atoms with E-state index >= 15 is 0 Å². The summed E-state index contributed by atoms with van der Waals surface area (Å²) in [6.07, 6.45) is 1.63. The number of benzene rings is 1. The van der Waals surface area contributed by atoms with Crippen molar-refractivity contribution in [3.05, 3.63) is 48.0 Å². The van der Waals surface area contributed by atoms with Gasteiger partial charge in [-0.25, -0.2) is 4.79 Å². The fourth-order valence-corrected chi connectivity index (χ4v) is 2.34. The fourth-order valence-electron chi connectivity index (χ4n) is 2.34. The van der Waals surface area contributed by atoms with Crippen LogP contribution in [0.5, 0.6) is 0 Å². The summed E-state index contributed by atoms with van der Waals surface area (Å²) in [4.78, 5) is 11.5. The molecule has 0 atom stereocenters. The van der Waals surface area contributed by atoms with E-state index in [9.17, 15) is 4.79 Å². The molecule has 1 aliphatic carbocycles. The quantitative estimate of drug-likeness (QED) is 0.827. The van der Waals surface area contributed by atoms with Gasteiger partial charge in [-0.15, -0.1) is 0 Å². The molecule has 1 aliphatic rings. The van der Waals surface area contributed by atoms with Crippen molar-refractivity contribution < 1.29 is 9.53 Å². The number of rotatable bonds is 4. The molecule has 0 bridgehead atoms. The van der Waals surface area contributed by atoms with Crippen LogP contribution in [0.15, 0.2) is 42.5 Å². The van der Waals surface area contributed by atoms with E-state index in [0.717, 1.165) is 18.4 Å². The normalized spacial score (nSPS) is 16.8. The number of amides is 1. The van der Waals surface area contributed by atoms with E-state index < -0.39 is 0 Å². The maximum Gasteiger partial charge on any atom is 0.407 e. The molecule has 2 rings (SSSR count). The lowest BCUT2D eigenvalue weighted by Crippen LogP contribution is -2.41. The highest BCUT2D eigenvalue weighted by Crippen LogP contribution is 2.43. The topological polar surface area (TPSA) is 38.3 Å². The second-order valence-electron chi connectivity index (χ2n) is 5.33. The summed E-state index contributed by atoms with van der Waals surface area (Å²) >= 11 is 0. The molecule has 1 saturated carbocycles. The van der Waals surface area contributed by atoms with E-state index in [2.05, 4.69) is 18.8 Å². The van der Waals surface area contributed by atoms with Gasteiger partial charge in [0.15, 0.2) is 0 Å². The van der Waals surface area contributed by atoms with Gasteiger partial charge >= 0.3 is 6.09 Å². The Balaban J connectivity index is 1.68. The van der Waals surface area contributed by atoms with Gasteiger partial charge in [0.05, 0.1) is 0 Å². The smallest absolute Gasteiger partial charge is 0.407 e. The Morgan fingerprint density at radius 1 is 1.39 bits per heavy atom. The highest BCUT2D eigenvalue weighted by molar-refractivity contribution is 5.67. The molecule has 1 aromatic carbocycles. The van der Waals surface area contributed by atoms with Crippen LogP contribution in [0.2, 0.25) is 0 Å². The zero-order chi connectivity index (χ0) is 13.0. The van der Waals surface area contributed by atoms with Crippen LogP contribution in [0, 0.1) is 5.41 Å². The molecule has 3 nitrogen and oxygen atoms in total. The van der Waals surface area contributed by atoms with Gasteiger partial charge in [0.2, 0.25) is 0 Å². The standard InChI is InChI=1S/C15H19NO2/c1-12-8-15(2,9-12)11-16-14(17)18-10-13-6-4-3-5-7-13/h3-7H,1,8-11H2,2H3,(H,16,17). The number of carbonyl (C=O) groups excluding carboxylic acids is 1. The van der Waals surface area contributed by atoms with Crippen LogP contribution < -0.4 is 5.32 Å². The zero-order valence-corrected chi connectivity index (χ0v) is 10.7. The summed E-state index contributed by atoms with van der Waals surface area (Å²) in [6.45, 7) is 7.03. The summed E-state index contributed by atoms with van der Waals surface area (Å²) < 4.78 is 5.15. The maximum atomic E-state index is 11.5. The molecule has 96 valence electrons. The van der Waals surface area contributed by atoms with Crippen LogP contribution in [0.3, 0.4) is 0 Å². The predicted molar refractivity (Wildman–Crippen MR) is 71.1 cm³/mol. The van der Waals surface area contributed by atoms with E-state index in [-0.39, 0.29) is 11.5 Å². The highest BCUT2D eigenvalue weighted by atomic mass is 16.5. The van der Waals surface area contributed by atoms with Gasteiger partial charge in [0.1, 0.15) is 6.61 Å². The van der Waals surface area contributed by atoms with Crippen LogP contribution in [-0.4, -0.2) is 12.6 Å². The largest absolute Gasteiger partial charge is 0.445 e. The lowest BCUT2D eigenvalue weighted by molar-refractivity contribution is 0.129. The zero-order valence-electron chi connectivity index (χ0n) is 10.7. The van der Waals surface area contributed by atoms with Crippen LogP contribution in [-0.2, 0) is 11.3 Å². The molecule has 0 heterocycles. The Kier molecular flexibility index (Phi) is 3.70. The first-order chi connectivity index (χ1) is 8.57. The van der Waals surface area contributed by atoms with Gasteiger partial charge in [0.25, 0.3) is 0 Å². The molecule has 1 N–H and O–H groups in total. The molecule has 0 spiro atoms. The van der Waals surface area contributed by atoms with E-state index in [1.807, 2.05) is 30.3 Å². The molecule has 1 amide bonds. The fraction of sp³-hybridized carbons (Fsp3) is 0.400. The van der Waals surface area contributed by atoms with Crippen LogP contribution in [0.4, 0.5) is 4.79 Å². The van der Waals surface area contributed by atoms with Crippen LogP contribution in [0.25, 0.3) is 0 Å².